The lowest BCUT2D eigenvalue weighted by atomic mass is 9.76. The zero-order valence-electron chi connectivity index (χ0n) is 33.6. The number of aromatic nitrogens is 2. The minimum Gasteiger partial charge on any atom is -0.436 e. The van der Waals surface area contributed by atoms with E-state index in [1.54, 1.807) is 0 Å². The fourth-order valence-corrected chi connectivity index (χ4v) is 6.55. The van der Waals surface area contributed by atoms with Crippen molar-refractivity contribution >= 4 is 34.4 Å². The molecule has 0 saturated carbocycles. The highest BCUT2D eigenvalue weighted by Crippen LogP contribution is 2.41. The average Bonchev–Trinajstić information content (AvgIpc) is 3.78. The summed E-state index contributed by atoms with van der Waals surface area (Å²) in [7, 11) is 0. The monoisotopic (exact) mass is 694 g/mol. The maximum absolute atomic E-state index is 6.52. The standard InChI is InChI=1S/C48H58N2O2/c1-13-45(5,6)35-27-37(47(9,10)15-3)41-39(29-35)49-43(51-41)33-23-19-31(20-24-33)17-18-32-21-25-34(26-22-32)44-50-40-30-36(46(7,8)14-2)28-38(42(40)52-44)48(11,12)16-4/h17-30H,13-16H2,1-12H3/b18-17+. The third kappa shape index (κ3) is 7.14. The Morgan fingerprint density at radius 2 is 0.788 bits per heavy atom. The number of benzene rings is 4. The molecule has 0 radical (unpaired) electrons. The summed E-state index contributed by atoms with van der Waals surface area (Å²) in [6.45, 7) is 27.4. The first kappa shape index (κ1) is 37.3. The van der Waals surface area contributed by atoms with Crippen LogP contribution in [0, 0.1) is 0 Å². The van der Waals surface area contributed by atoms with Gasteiger partial charge in [0.05, 0.1) is 0 Å². The summed E-state index contributed by atoms with van der Waals surface area (Å²) in [5.74, 6) is 1.33. The molecule has 4 aromatic carbocycles. The van der Waals surface area contributed by atoms with Gasteiger partial charge in [-0.3, -0.25) is 0 Å². The van der Waals surface area contributed by atoms with E-state index in [0.29, 0.717) is 11.8 Å². The van der Waals surface area contributed by atoms with Gasteiger partial charge in [-0.15, -0.1) is 0 Å². The third-order valence-electron chi connectivity index (χ3n) is 12.3. The van der Waals surface area contributed by atoms with Crippen LogP contribution in [0.5, 0.6) is 0 Å². The Labute approximate surface area is 311 Å². The van der Waals surface area contributed by atoms with E-state index >= 15 is 0 Å². The molecule has 0 amide bonds. The van der Waals surface area contributed by atoms with Crippen LogP contribution in [0.2, 0.25) is 0 Å². The van der Waals surface area contributed by atoms with Crippen LogP contribution in [-0.4, -0.2) is 9.97 Å². The van der Waals surface area contributed by atoms with E-state index in [9.17, 15) is 0 Å². The second-order valence-electron chi connectivity index (χ2n) is 17.3. The summed E-state index contributed by atoms with van der Waals surface area (Å²) in [6, 6.07) is 26.1. The van der Waals surface area contributed by atoms with E-state index in [4.69, 9.17) is 18.8 Å². The topological polar surface area (TPSA) is 52.1 Å². The van der Waals surface area contributed by atoms with Crippen molar-refractivity contribution in [1.82, 2.24) is 9.97 Å². The van der Waals surface area contributed by atoms with Gasteiger partial charge in [-0.2, -0.15) is 0 Å². The molecule has 4 heteroatoms. The second-order valence-corrected chi connectivity index (χ2v) is 17.3. The number of hydrogen-bond acceptors (Lipinski definition) is 4. The molecule has 6 aromatic rings. The van der Waals surface area contributed by atoms with Crippen molar-refractivity contribution in [2.75, 3.05) is 0 Å². The molecule has 2 heterocycles. The number of hydrogen-bond donors (Lipinski definition) is 0. The highest BCUT2D eigenvalue weighted by atomic mass is 16.4. The van der Waals surface area contributed by atoms with Gasteiger partial charge >= 0.3 is 0 Å². The summed E-state index contributed by atoms with van der Waals surface area (Å²) in [4.78, 5) is 10.0. The average molecular weight is 695 g/mol. The van der Waals surface area contributed by atoms with Gasteiger partial charge in [0.1, 0.15) is 11.0 Å². The predicted molar refractivity (Wildman–Crippen MR) is 221 cm³/mol. The number of fused-ring (bicyclic) bond motifs is 2. The van der Waals surface area contributed by atoms with Crippen LogP contribution in [0.15, 0.2) is 81.6 Å². The minimum absolute atomic E-state index is 0.0184. The second kappa shape index (κ2) is 13.8. The zero-order chi connectivity index (χ0) is 37.6. The minimum atomic E-state index is -0.0184. The lowest BCUT2D eigenvalue weighted by molar-refractivity contribution is 0.484. The van der Waals surface area contributed by atoms with E-state index in [-0.39, 0.29) is 21.7 Å². The normalized spacial score (nSPS) is 13.2. The van der Waals surface area contributed by atoms with Crippen molar-refractivity contribution in [3.63, 3.8) is 0 Å². The van der Waals surface area contributed by atoms with E-state index in [1.807, 2.05) is 0 Å². The molecule has 0 bridgehead atoms. The zero-order valence-corrected chi connectivity index (χ0v) is 33.6. The summed E-state index contributed by atoms with van der Waals surface area (Å²) >= 11 is 0. The van der Waals surface area contributed by atoms with E-state index in [2.05, 4.69) is 168 Å². The smallest absolute Gasteiger partial charge is 0.227 e. The molecule has 2 aromatic heterocycles. The van der Waals surface area contributed by atoms with Gasteiger partial charge in [-0.25, -0.2) is 9.97 Å². The van der Waals surface area contributed by atoms with Crippen LogP contribution < -0.4 is 0 Å². The molecule has 0 atom stereocenters. The SMILES string of the molecule is CCC(C)(C)c1cc(C(C)(C)CC)c2oc(-c3ccc(/C=C/c4ccc(-c5nc6cc(C(C)(C)CC)cc(C(C)(C)CC)c6o5)cc4)cc3)nc2c1. The third-order valence-corrected chi connectivity index (χ3v) is 12.3. The Morgan fingerprint density at radius 3 is 1.10 bits per heavy atom. The number of nitrogens with zero attached hydrogens (tertiary/aromatic N) is 2. The molecule has 0 fully saturated rings. The molecule has 0 N–H and O–H groups in total. The van der Waals surface area contributed by atoms with Crippen molar-refractivity contribution in [2.45, 2.75) is 130 Å². The van der Waals surface area contributed by atoms with Crippen LogP contribution >= 0.6 is 0 Å². The van der Waals surface area contributed by atoms with E-state index < -0.39 is 0 Å². The number of oxazole rings is 2. The fourth-order valence-electron chi connectivity index (χ4n) is 6.55. The molecular formula is C48H58N2O2. The van der Waals surface area contributed by atoms with Gasteiger partial charge in [-0.1, -0.05) is 132 Å². The van der Waals surface area contributed by atoms with E-state index in [0.717, 1.165) is 70.1 Å². The predicted octanol–water partition coefficient (Wildman–Crippen LogP) is 14.2. The van der Waals surface area contributed by atoms with Crippen LogP contribution in [0.4, 0.5) is 0 Å². The summed E-state index contributed by atoms with van der Waals surface area (Å²) in [5.41, 5.74) is 13.0. The van der Waals surface area contributed by atoms with Crippen molar-refractivity contribution < 1.29 is 8.83 Å². The molecule has 0 aliphatic rings. The number of rotatable bonds is 12. The van der Waals surface area contributed by atoms with Gasteiger partial charge in [0.2, 0.25) is 11.8 Å². The van der Waals surface area contributed by atoms with Crippen LogP contribution in [0.1, 0.15) is 142 Å². The Bertz CT molecular complexity index is 2060. The van der Waals surface area contributed by atoms with Crippen molar-refractivity contribution in [1.29, 1.82) is 0 Å². The first-order valence-electron chi connectivity index (χ1n) is 19.3. The largest absolute Gasteiger partial charge is 0.436 e. The Kier molecular flexibility index (Phi) is 9.93. The molecule has 0 unspecified atom stereocenters. The Balaban J connectivity index is 1.24. The summed E-state index contributed by atoms with van der Waals surface area (Å²) < 4.78 is 13.0. The molecule has 4 nitrogen and oxygen atoms in total. The summed E-state index contributed by atoms with van der Waals surface area (Å²) in [6.07, 6.45) is 8.44. The highest BCUT2D eigenvalue weighted by Gasteiger charge is 2.30. The lowest BCUT2D eigenvalue weighted by Crippen LogP contribution is -2.20. The molecule has 52 heavy (non-hydrogen) atoms. The van der Waals surface area contributed by atoms with Crippen molar-refractivity contribution in [2.24, 2.45) is 0 Å². The van der Waals surface area contributed by atoms with Crippen molar-refractivity contribution in [3.8, 4) is 22.9 Å². The quantitative estimate of drug-likeness (QED) is 0.120. The van der Waals surface area contributed by atoms with Gasteiger partial charge in [0, 0.05) is 22.3 Å². The van der Waals surface area contributed by atoms with Gasteiger partial charge < -0.3 is 8.83 Å². The molecular weight excluding hydrogens is 637 g/mol. The van der Waals surface area contributed by atoms with Crippen LogP contribution in [-0.2, 0) is 21.7 Å². The molecule has 0 spiro atoms. The van der Waals surface area contributed by atoms with Crippen LogP contribution in [0.3, 0.4) is 0 Å². The van der Waals surface area contributed by atoms with E-state index in [1.165, 1.54) is 22.3 Å². The van der Waals surface area contributed by atoms with Gasteiger partial charge in [-0.05, 0) is 106 Å². The highest BCUT2D eigenvalue weighted by molar-refractivity contribution is 5.83. The molecule has 0 saturated heterocycles. The molecule has 272 valence electrons. The summed E-state index contributed by atoms with van der Waals surface area (Å²) in [5, 5.41) is 0. The molecule has 0 aliphatic carbocycles. The first-order chi connectivity index (χ1) is 24.5. The maximum Gasteiger partial charge on any atom is 0.227 e. The fraction of sp³-hybridized carbons (Fsp3) is 0.417. The lowest BCUT2D eigenvalue weighted by Gasteiger charge is -2.28. The molecule has 6 rings (SSSR count). The van der Waals surface area contributed by atoms with Gasteiger partial charge in [0.15, 0.2) is 11.2 Å². The first-order valence-corrected chi connectivity index (χ1v) is 19.3. The Hall–Kier alpha value is -4.44. The molecule has 0 aliphatic heterocycles. The maximum atomic E-state index is 6.52. The van der Waals surface area contributed by atoms with Crippen molar-refractivity contribution in [3.05, 3.63) is 106 Å². The van der Waals surface area contributed by atoms with Gasteiger partial charge in [0.25, 0.3) is 0 Å². The van der Waals surface area contributed by atoms with Crippen LogP contribution in [0.25, 0.3) is 57.3 Å². The Morgan fingerprint density at radius 1 is 0.462 bits per heavy atom.